The molecule has 12 heavy (non-hydrogen) atoms. The van der Waals surface area contributed by atoms with Crippen molar-refractivity contribution in [2.45, 2.75) is 36.9 Å². The van der Waals surface area contributed by atoms with Gasteiger partial charge in [0.05, 0.1) is 4.83 Å². The van der Waals surface area contributed by atoms with Crippen LogP contribution in [0.25, 0.3) is 0 Å². The summed E-state index contributed by atoms with van der Waals surface area (Å²) in [6.45, 7) is 0.258. The molecule has 3 nitrogen and oxygen atoms in total. The van der Waals surface area contributed by atoms with Crippen molar-refractivity contribution in [1.29, 1.82) is 0 Å². The molecule has 1 unspecified atom stereocenters. The van der Waals surface area contributed by atoms with E-state index in [1.807, 2.05) is 0 Å². The summed E-state index contributed by atoms with van der Waals surface area (Å²) in [6.07, 6.45) is 4.70. The molecular weight excluding hydrogens is 222 g/mol. The molecule has 0 fully saturated rings. The Morgan fingerprint density at radius 3 is 2.42 bits per heavy atom. The number of aliphatic hydroxyl groups is 1. The van der Waals surface area contributed by atoms with Gasteiger partial charge in [0.15, 0.2) is 0 Å². The number of carbonyl (C=O) groups excluding carboxylic acids is 1. The lowest BCUT2D eigenvalue weighted by molar-refractivity contribution is -0.117. The van der Waals surface area contributed by atoms with Crippen LogP contribution in [-0.2, 0) is 4.79 Å². The van der Waals surface area contributed by atoms with Gasteiger partial charge >= 0.3 is 0 Å². The zero-order valence-electron chi connectivity index (χ0n) is 7.13. The molecule has 3 N–H and O–H groups in total. The second-order valence-corrected chi connectivity index (χ2v) is 3.90. The fraction of sp³-hybridized carbons (Fsp3) is 0.875. The first kappa shape index (κ1) is 11.9. The summed E-state index contributed by atoms with van der Waals surface area (Å²) in [5.41, 5.74) is 5.05. The number of amides is 1. The highest BCUT2D eigenvalue weighted by Gasteiger charge is 2.08. The lowest BCUT2D eigenvalue weighted by Gasteiger charge is -2.03. The second-order valence-electron chi connectivity index (χ2n) is 2.80. The van der Waals surface area contributed by atoms with Crippen LogP contribution in [0, 0.1) is 0 Å². The Kier molecular flexibility index (Phi) is 7.50. The average Bonchev–Trinajstić information content (AvgIpc) is 2.03. The van der Waals surface area contributed by atoms with Gasteiger partial charge in [-0.3, -0.25) is 4.79 Å². The summed E-state index contributed by atoms with van der Waals surface area (Å²) >= 11 is 3.19. The van der Waals surface area contributed by atoms with E-state index in [2.05, 4.69) is 15.9 Å². The molecular formula is C8H16BrNO2. The first-order chi connectivity index (χ1) is 5.68. The number of hydrogen-bond acceptors (Lipinski definition) is 2. The van der Waals surface area contributed by atoms with E-state index < -0.39 is 0 Å². The van der Waals surface area contributed by atoms with Crippen LogP contribution in [0.1, 0.15) is 32.1 Å². The Labute approximate surface area is 81.5 Å². The maximum atomic E-state index is 10.6. The molecule has 0 heterocycles. The number of aliphatic hydroxyl groups excluding tert-OH is 1. The van der Waals surface area contributed by atoms with E-state index >= 15 is 0 Å². The van der Waals surface area contributed by atoms with E-state index in [9.17, 15) is 4.79 Å². The van der Waals surface area contributed by atoms with E-state index in [-0.39, 0.29) is 17.3 Å². The summed E-state index contributed by atoms with van der Waals surface area (Å²) in [4.78, 5) is 10.4. The first-order valence-corrected chi connectivity index (χ1v) is 5.14. The molecule has 1 atom stereocenters. The third-order valence-corrected chi connectivity index (χ3v) is 2.58. The maximum Gasteiger partial charge on any atom is 0.231 e. The minimum absolute atomic E-state index is 0.188. The smallest absolute Gasteiger partial charge is 0.231 e. The fourth-order valence-corrected chi connectivity index (χ4v) is 1.25. The minimum atomic E-state index is -0.294. The number of carbonyl (C=O) groups is 1. The first-order valence-electron chi connectivity index (χ1n) is 4.22. The van der Waals surface area contributed by atoms with Crippen molar-refractivity contribution in [2.24, 2.45) is 5.73 Å². The van der Waals surface area contributed by atoms with Gasteiger partial charge in [0.1, 0.15) is 0 Å². The van der Waals surface area contributed by atoms with Gasteiger partial charge in [0.25, 0.3) is 0 Å². The lowest BCUT2D eigenvalue weighted by atomic mass is 10.1. The zero-order chi connectivity index (χ0) is 9.40. The van der Waals surface area contributed by atoms with Gasteiger partial charge in [-0.05, 0) is 12.8 Å². The molecule has 0 aromatic heterocycles. The predicted molar refractivity (Wildman–Crippen MR) is 52.1 cm³/mol. The zero-order valence-corrected chi connectivity index (χ0v) is 8.72. The van der Waals surface area contributed by atoms with E-state index in [1.54, 1.807) is 0 Å². The topological polar surface area (TPSA) is 63.3 Å². The third-order valence-electron chi connectivity index (χ3n) is 1.67. The van der Waals surface area contributed by atoms with Crippen molar-refractivity contribution in [3.05, 3.63) is 0 Å². The van der Waals surface area contributed by atoms with E-state index in [0.717, 1.165) is 32.1 Å². The van der Waals surface area contributed by atoms with E-state index in [0.29, 0.717) is 0 Å². The van der Waals surface area contributed by atoms with Crippen molar-refractivity contribution in [3.63, 3.8) is 0 Å². The van der Waals surface area contributed by atoms with Gasteiger partial charge < -0.3 is 10.8 Å². The summed E-state index contributed by atoms with van der Waals surface area (Å²) in [5, 5.41) is 8.48. The molecule has 0 aliphatic rings. The van der Waals surface area contributed by atoms with Crippen molar-refractivity contribution in [3.8, 4) is 0 Å². The highest BCUT2D eigenvalue weighted by molar-refractivity contribution is 9.10. The molecule has 0 aliphatic heterocycles. The molecule has 0 aromatic carbocycles. The molecule has 0 saturated carbocycles. The van der Waals surface area contributed by atoms with Crippen LogP contribution in [0.5, 0.6) is 0 Å². The van der Waals surface area contributed by atoms with Crippen molar-refractivity contribution in [2.75, 3.05) is 6.61 Å². The van der Waals surface area contributed by atoms with Crippen LogP contribution in [-0.4, -0.2) is 22.4 Å². The Hall–Kier alpha value is -0.0900. The number of nitrogens with two attached hydrogens (primary N) is 1. The fourth-order valence-electron chi connectivity index (χ4n) is 0.931. The van der Waals surface area contributed by atoms with Crippen LogP contribution >= 0.6 is 15.9 Å². The molecule has 0 radical (unpaired) electrons. The highest BCUT2D eigenvalue weighted by atomic mass is 79.9. The van der Waals surface area contributed by atoms with Gasteiger partial charge in [-0.2, -0.15) is 0 Å². The van der Waals surface area contributed by atoms with Crippen LogP contribution < -0.4 is 5.73 Å². The van der Waals surface area contributed by atoms with Gasteiger partial charge in [0, 0.05) is 6.61 Å². The normalized spacial score (nSPS) is 12.8. The number of rotatable bonds is 7. The number of halogens is 1. The number of primary amides is 1. The van der Waals surface area contributed by atoms with E-state index in [1.165, 1.54) is 0 Å². The largest absolute Gasteiger partial charge is 0.396 e. The summed E-state index contributed by atoms with van der Waals surface area (Å²) < 4.78 is 0. The van der Waals surface area contributed by atoms with E-state index in [4.69, 9.17) is 10.8 Å². The summed E-state index contributed by atoms with van der Waals surface area (Å²) in [7, 11) is 0. The van der Waals surface area contributed by atoms with Crippen LogP contribution in [0.2, 0.25) is 0 Å². The lowest BCUT2D eigenvalue weighted by Crippen LogP contribution is -2.22. The Bertz CT molecular complexity index is 130. The second kappa shape index (κ2) is 7.55. The Morgan fingerprint density at radius 1 is 1.33 bits per heavy atom. The van der Waals surface area contributed by atoms with Crippen molar-refractivity contribution >= 4 is 21.8 Å². The Morgan fingerprint density at radius 2 is 1.92 bits per heavy atom. The molecule has 0 spiro atoms. The van der Waals surface area contributed by atoms with Gasteiger partial charge in [-0.25, -0.2) is 0 Å². The third kappa shape index (κ3) is 6.61. The van der Waals surface area contributed by atoms with Crippen LogP contribution in [0.4, 0.5) is 0 Å². The predicted octanol–water partition coefficient (Wildman–Crippen LogP) is 1.18. The van der Waals surface area contributed by atoms with Gasteiger partial charge in [-0.1, -0.05) is 35.2 Å². The molecule has 0 saturated heterocycles. The van der Waals surface area contributed by atoms with Crippen molar-refractivity contribution < 1.29 is 9.90 Å². The van der Waals surface area contributed by atoms with Crippen LogP contribution in [0.15, 0.2) is 0 Å². The molecule has 0 aliphatic carbocycles. The molecule has 0 rings (SSSR count). The summed E-state index contributed by atoms with van der Waals surface area (Å²) in [6, 6.07) is 0. The van der Waals surface area contributed by atoms with Crippen molar-refractivity contribution in [1.82, 2.24) is 0 Å². The standard InChI is InChI=1S/C8H16BrNO2/c9-7(8(10)12)5-3-1-2-4-6-11/h7,11H,1-6H2,(H2,10,12). The van der Waals surface area contributed by atoms with Crippen LogP contribution in [0.3, 0.4) is 0 Å². The number of alkyl halides is 1. The highest BCUT2D eigenvalue weighted by Crippen LogP contribution is 2.11. The Balaban J connectivity index is 3.14. The molecule has 0 aromatic rings. The summed E-state index contributed by atoms with van der Waals surface area (Å²) in [5.74, 6) is -0.294. The SMILES string of the molecule is NC(=O)C(Br)CCCCCCO. The average molecular weight is 238 g/mol. The minimum Gasteiger partial charge on any atom is -0.396 e. The van der Waals surface area contributed by atoms with Gasteiger partial charge in [-0.15, -0.1) is 0 Å². The molecule has 0 bridgehead atoms. The number of unbranched alkanes of at least 4 members (excludes halogenated alkanes) is 3. The molecule has 72 valence electrons. The molecule has 4 heteroatoms. The van der Waals surface area contributed by atoms with Gasteiger partial charge in [0.2, 0.25) is 5.91 Å². The quantitative estimate of drug-likeness (QED) is 0.516. The number of hydrogen-bond donors (Lipinski definition) is 2. The molecule has 1 amide bonds. The maximum absolute atomic E-state index is 10.6. The monoisotopic (exact) mass is 237 g/mol.